The van der Waals surface area contributed by atoms with Crippen LogP contribution >= 0.6 is 0 Å². The second-order valence-electron chi connectivity index (χ2n) is 7.17. The van der Waals surface area contributed by atoms with E-state index in [1.807, 2.05) is 36.4 Å². The number of carbonyl (C=O) groups is 1. The molecule has 0 saturated heterocycles. The number of anilines is 2. The summed E-state index contributed by atoms with van der Waals surface area (Å²) in [6.45, 7) is 0.0120. The number of halogens is 1. The third kappa shape index (κ3) is 6.62. The molecule has 0 aliphatic rings. The van der Waals surface area contributed by atoms with Gasteiger partial charge in [-0.3, -0.25) is 14.1 Å². The fourth-order valence-electron chi connectivity index (χ4n) is 3.17. The first-order valence-corrected chi connectivity index (χ1v) is 11.7. The Balaban J connectivity index is 1.53. The molecule has 8 heteroatoms. The van der Waals surface area contributed by atoms with Gasteiger partial charge in [-0.05, 0) is 60.4 Å². The number of para-hydroxylation sites is 1. The van der Waals surface area contributed by atoms with Crippen molar-refractivity contribution in [1.29, 1.82) is 0 Å². The number of nitrogens with zero attached hydrogens (tertiary/aromatic N) is 2. The summed E-state index contributed by atoms with van der Waals surface area (Å²) in [5.41, 5.74) is 2.91. The van der Waals surface area contributed by atoms with Crippen LogP contribution in [0.1, 0.15) is 24.0 Å². The largest absolute Gasteiger partial charge is 0.326 e. The molecule has 0 spiro atoms. The average molecular weight is 442 g/mol. The number of benzene rings is 2. The predicted octanol–water partition coefficient (Wildman–Crippen LogP) is 4.00. The van der Waals surface area contributed by atoms with Crippen LogP contribution < -0.4 is 9.62 Å². The number of nitrogens with one attached hydrogen (secondary N) is 1. The van der Waals surface area contributed by atoms with Crippen LogP contribution in [0.4, 0.5) is 15.8 Å². The van der Waals surface area contributed by atoms with E-state index < -0.39 is 15.8 Å². The number of hydrogen-bond acceptors (Lipinski definition) is 4. The third-order valence-electron chi connectivity index (χ3n) is 4.68. The number of rotatable bonds is 9. The van der Waals surface area contributed by atoms with Gasteiger partial charge in [0.05, 0.1) is 11.9 Å². The molecule has 1 heterocycles. The van der Waals surface area contributed by atoms with E-state index in [2.05, 4.69) is 10.3 Å². The van der Waals surface area contributed by atoms with Gasteiger partial charge in [0, 0.05) is 31.0 Å². The van der Waals surface area contributed by atoms with Crippen molar-refractivity contribution in [2.75, 3.05) is 22.4 Å². The van der Waals surface area contributed by atoms with Crippen molar-refractivity contribution in [2.24, 2.45) is 0 Å². The minimum atomic E-state index is -3.67. The van der Waals surface area contributed by atoms with Gasteiger partial charge in [0.1, 0.15) is 5.82 Å². The van der Waals surface area contributed by atoms with Gasteiger partial charge in [0.2, 0.25) is 15.9 Å². The van der Waals surface area contributed by atoms with Gasteiger partial charge in [-0.1, -0.05) is 24.3 Å². The number of amides is 1. The Morgan fingerprint density at radius 2 is 1.65 bits per heavy atom. The van der Waals surface area contributed by atoms with E-state index in [4.69, 9.17) is 0 Å². The lowest BCUT2D eigenvalue weighted by Gasteiger charge is -2.22. The van der Waals surface area contributed by atoms with Gasteiger partial charge in [-0.25, -0.2) is 12.8 Å². The Morgan fingerprint density at radius 3 is 2.29 bits per heavy atom. The lowest BCUT2D eigenvalue weighted by molar-refractivity contribution is -0.116. The molecule has 6 nitrogen and oxygen atoms in total. The maximum atomic E-state index is 14.0. The molecular weight excluding hydrogens is 417 g/mol. The predicted molar refractivity (Wildman–Crippen MR) is 120 cm³/mol. The summed E-state index contributed by atoms with van der Waals surface area (Å²) in [7, 11) is -3.67. The van der Waals surface area contributed by atoms with Crippen molar-refractivity contribution in [3.63, 3.8) is 0 Å². The van der Waals surface area contributed by atoms with Crippen LogP contribution in [-0.4, -0.2) is 32.1 Å². The Morgan fingerprint density at radius 1 is 1.00 bits per heavy atom. The van der Waals surface area contributed by atoms with Crippen molar-refractivity contribution >= 4 is 27.3 Å². The normalized spacial score (nSPS) is 11.2. The molecule has 0 unspecified atom stereocenters. The molecule has 1 aromatic heterocycles. The molecule has 0 radical (unpaired) electrons. The van der Waals surface area contributed by atoms with Crippen LogP contribution in [-0.2, 0) is 21.2 Å². The summed E-state index contributed by atoms with van der Waals surface area (Å²) < 4.78 is 39.2. The highest BCUT2D eigenvalue weighted by Crippen LogP contribution is 2.22. The van der Waals surface area contributed by atoms with Gasteiger partial charge in [0.15, 0.2) is 0 Å². The molecule has 162 valence electrons. The lowest BCUT2D eigenvalue weighted by Crippen LogP contribution is -2.32. The second-order valence-corrected chi connectivity index (χ2v) is 9.07. The number of aromatic nitrogens is 1. The molecule has 0 aliphatic carbocycles. The SMILES string of the molecule is CS(=O)(=O)N(CCCC(=O)Nc1ccc(Cc2ccncc2)cc1)c1ccccc1F. The lowest BCUT2D eigenvalue weighted by atomic mass is 10.1. The van der Waals surface area contributed by atoms with Gasteiger partial charge in [-0.15, -0.1) is 0 Å². The molecule has 2 aromatic carbocycles. The molecule has 31 heavy (non-hydrogen) atoms. The molecule has 0 atom stereocenters. The monoisotopic (exact) mass is 441 g/mol. The van der Waals surface area contributed by atoms with Crippen molar-refractivity contribution in [1.82, 2.24) is 4.98 Å². The zero-order valence-corrected chi connectivity index (χ0v) is 18.0. The minimum Gasteiger partial charge on any atom is -0.326 e. The molecule has 0 bridgehead atoms. The Hall–Kier alpha value is -3.26. The fourth-order valence-corrected chi connectivity index (χ4v) is 4.13. The molecular formula is C23H24FN3O3S. The van der Waals surface area contributed by atoms with E-state index in [0.29, 0.717) is 5.69 Å². The number of hydrogen-bond donors (Lipinski definition) is 1. The summed E-state index contributed by atoms with van der Waals surface area (Å²) in [4.78, 5) is 16.3. The van der Waals surface area contributed by atoms with E-state index in [1.165, 1.54) is 18.2 Å². The third-order valence-corrected chi connectivity index (χ3v) is 5.86. The van der Waals surface area contributed by atoms with Gasteiger partial charge < -0.3 is 5.32 Å². The minimum absolute atomic E-state index is 0.0120. The molecule has 3 rings (SSSR count). The van der Waals surface area contributed by atoms with Crippen LogP contribution in [0.5, 0.6) is 0 Å². The summed E-state index contributed by atoms with van der Waals surface area (Å²) in [6, 6.07) is 17.1. The van der Waals surface area contributed by atoms with E-state index in [9.17, 15) is 17.6 Å². The Bertz CT molecular complexity index is 1120. The molecule has 1 amide bonds. The number of pyridine rings is 1. The first-order valence-electron chi connectivity index (χ1n) is 9.83. The zero-order valence-electron chi connectivity index (χ0n) is 17.2. The van der Waals surface area contributed by atoms with Crippen LogP contribution in [0.25, 0.3) is 0 Å². The van der Waals surface area contributed by atoms with Crippen LogP contribution in [0.3, 0.4) is 0 Å². The van der Waals surface area contributed by atoms with E-state index in [-0.39, 0.29) is 31.0 Å². The average Bonchev–Trinajstić information content (AvgIpc) is 2.73. The molecule has 0 aliphatic heterocycles. The second kappa shape index (κ2) is 10.2. The van der Waals surface area contributed by atoms with E-state index in [0.717, 1.165) is 28.1 Å². The van der Waals surface area contributed by atoms with Gasteiger partial charge >= 0.3 is 0 Å². The fraction of sp³-hybridized carbons (Fsp3) is 0.217. The Labute approximate surface area is 181 Å². The van der Waals surface area contributed by atoms with Crippen LogP contribution in [0.15, 0.2) is 73.1 Å². The van der Waals surface area contributed by atoms with E-state index in [1.54, 1.807) is 18.5 Å². The van der Waals surface area contributed by atoms with Crippen molar-refractivity contribution in [3.05, 3.63) is 90.0 Å². The quantitative estimate of drug-likeness (QED) is 0.544. The summed E-state index contributed by atoms with van der Waals surface area (Å²) in [5, 5.41) is 2.81. The first kappa shape index (κ1) is 22.4. The van der Waals surface area contributed by atoms with Crippen LogP contribution in [0, 0.1) is 5.82 Å². The standard InChI is InChI=1S/C23H24FN3O3S/c1-31(29,30)27(22-6-3-2-5-21(22)24)16-4-7-23(28)26-20-10-8-18(9-11-20)17-19-12-14-25-15-13-19/h2-3,5-6,8-15H,4,7,16-17H2,1H3,(H,26,28). The number of carbonyl (C=O) groups excluding carboxylic acids is 1. The summed E-state index contributed by atoms with van der Waals surface area (Å²) >= 11 is 0. The highest BCUT2D eigenvalue weighted by atomic mass is 32.2. The maximum Gasteiger partial charge on any atom is 0.232 e. The molecule has 3 aromatic rings. The van der Waals surface area contributed by atoms with Gasteiger partial charge in [0.25, 0.3) is 0 Å². The van der Waals surface area contributed by atoms with Crippen LogP contribution in [0.2, 0.25) is 0 Å². The van der Waals surface area contributed by atoms with Crippen molar-refractivity contribution < 1.29 is 17.6 Å². The highest BCUT2D eigenvalue weighted by Gasteiger charge is 2.20. The van der Waals surface area contributed by atoms with Crippen molar-refractivity contribution in [2.45, 2.75) is 19.3 Å². The van der Waals surface area contributed by atoms with Crippen molar-refractivity contribution in [3.8, 4) is 0 Å². The van der Waals surface area contributed by atoms with E-state index >= 15 is 0 Å². The first-order chi connectivity index (χ1) is 14.8. The Kier molecular flexibility index (Phi) is 7.36. The topological polar surface area (TPSA) is 79.4 Å². The smallest absolute Gasteiger partial charge is 0.232 e. The highest BCUT2D eigenvalue weighted by molar-refractivity contribution is 7.92. The summed E-state index contributed by atoms with van der Waals surface area (Å²) in [5.74, 6) is -0.854. The van der Waals surface area contributed by atoms with Gasteiger partial charge in [-0.2, -0.15) is 0 Å². The molecule has 0 fully saturated rings. The molecule has 0 saturated carbocycles. The summed E-state index contributed by atoms with van der Waals surface area (Å²) in [6.07, 6.45) is 5.66. The number of sulfonamides is 1. The maximum absolute atomic E-state index is 14.0. The molecule has 1 N–H and O–H groups in total. The zero-order chi connectivity index (χ0) is 22.3.